The molecule has 1 aromatic rings. The number of nitrogens with one attached hydrogen (secondary N) is 1. The van der Waals surface area contributed by atoms with Crippen LogP contribution in [-0.2, 0) is 19.9 Å². The van der Waals surface area contributed by atoms with Crippen molar-refractivity contribution in [3.05, 3.63) is 24.3 Å². The van der Waals surface area contributed by atoms with Gasteiger partial charge in [0.05, 0.1) is 16.4 Å². The topological polar surface area (TPSA) is 101 Å². The summed E-state index contributed by atoms with van der Waals surface area (Å²) in [7, 11) is -6.74. The molecule has 6 nitrogen and oxygen atoms in total. The Bertz CT molecular complexity index is 652. The lowest BCUT2D eigenvalue weighted by Gasteiger charge is -2.22. The summed E-state index contributed by atoms with van der Waals surface area (Å²) in [6, 6.07) is 4.97. The largest absolute Gasteiger partial charge is 0.508 e. The predicted molar refractivity (Wildman–Crippen MR) is 70.1 cm³/mol. The molecule has 1 fully saturated rings. The summed E-state index contributed by atoms with van der Waals surface area (Å²) in [5, 5.41) is 9.28. The van der Waals surface area contributed by atoms with Crippen LogP contribution in [0.2, 0.25) is 0 Å². The van der Waals surface area contributed by atoms with Gasteiger partial charge in [-0.15, -0.1) is 0 Å². The molecule has 0 amide bonds. The minimum absolute atomic E-state index is 0.000225. The number of hydrogen-bond donors (Lipinski definition) is 2. The number of phenolic OH excluding ortho intramolecular Hbond substituents is 1. The molecule has 2 rings (SSSR count). The van der Waals surface area contributed by atoms with E-state index in [0.29, 0.717) is 0 Å². The highest BCUT2D eigenvalue weighted by molar-refractivity contribution is 7.91. The standard InChI is InChI=1S/C11H15NO5S2/c13-10-2-1-3-11(8-10)19(16,17)12-9-4-6-18(14,15)7-5-9/h1-3,8-9,12-13H,4-7H2. The lowest BCUT2D eigenvalue weighted by atomic mass is 10.2. The SMILES string of the molecule is O=S1(=O)CCC(NS(=O)(=O)c2cccc(O)c2)CC1. The molecule has 19 heavy (non-hydrogen) atoms. The number of rotatable bonds is 3. The first-order chi connectivity index (χ1) is 8.78. The van der Waals surface area contributed by atoms with Crippen LogP contribution < -0.4 is 4.72 Å². The first kappa shape index (κ1) is 14.3. The molecule has 0 bridgehead atoms. The zero-order chi connectivity index (χ0) is 14.1. The van der Waals surface area contributed by atoms with Crippen molar-refractivity contribution in [1.82, 2.24) is 4.72 Å². The Morgan fingerprint density at radius 1 is 1.21 bits per heavy atom. The molecule has 8 heteroatoms. The Labute approximate surface area is 112 Å². The van der Waals surface area contributed by atoms with Crippen LogP contribution in [0.5, 0.6) is 5.75 Å². The molecule has 1 aliphatic heterocycles. The molecule has 0 aliphatic carbocycles. The maximum absolute atomic E-state index is 12.0. The first-order valence-corrected chi connectivity index (χ1v) is 9.11. The smallest absolute Gasteiger partial charge is 0.240 e. The van der Waals surface area contributed by atoms with Crippen molar-refractivity contribution >= 4 is 19.9 Å². The van der Waals surface area contributed by atoms with E-state index in [-0.39, 0.29) is 41.0 Å². The monoisotopic (exact) mass is 305 g/mol. The minimum atomic E-state index is -3.72. The molecule has 1 aliphatic rings. The van der Waals surface area contributed by atoms with Gasteiger partial charge in [0, 0.05) is 6.04 Å². The lowest BCUT2D eigenvalue weighted by molar-refractivity contribution is 0.472. The molecular weight excluding hydrogens is 290 g/mol. The minimum Gasteiger partial charge on any atom is -0.508 e. The molecule has 0 atom stereocenters. The van der Waals surface area contributed by atoms with E-state index in [1.54, 1.807) is 0 Å². The summed E-state index contributed by atoms with van der Waals surface area (Å²) in [6.45, 7) is 0. The van der Waals surface area contributed by atoms with Crippen molar-refractivity contribution < 1.29 is 21.9 Å². The summed E-state index contributed by atoms with van der Waals surface area (Å²) in [5.41, 5.74) is 0. The second-order valence-corrected chi connectivity index (χ2v) is 8.56. The van der Waals surface area contributed by atoms with Gasteiger partial charge in [-0.3, -0.25) is 0 Å². The van der Waals surface area contributed by atoms with Crippen molar-refractivity contribution in [3.8, 4) is 5.75 Å². The Morgan fingerprint density at radius 2 is 1.84 bits per heavy atom. The maximum atomic E-state index is 12.0. The van der Waals surface area contributed by atoms with Gasteiger partial charge in [0.2, 0.25) is 10.0 Å². The second kappa shape index (κ2) is 5.10. The quantitative estimate of drug-likeness (QED) is 0.833. The van der Waals surface area contributed by atoms with E-state index in [1.807, 2.05) is 0 Å². The summed E-state index contributed by atoms with van der Waals surface area (Å²) < 4.78 is 49.1. The second-order valence-electron chi connectivity index (χ2n) is 4.54. The van der Waals surface area contributed by atoms with Crippen LogP contribution >= 0.6 is 0 Å². The van der Waals surface area contributed by atoms with E-state index >= 15 is 0 Å². The molecule has 1 heterocycles. The number of sulfone groups is 1. The van der Waals surface area contributed by atoms with Crippen molar-refractivity contribution in [2.75, 3.05) is 11.5 Å². The van der Waals surface area contributed by atoms with Crippen molar-refractivity contribution in [1.29, 1.82) is 0 Å². The van der Waals surface area contributed by atoms with Crippen LogP contribution in [-0.4, -0.2) is 39.5 Å². The number of phenols is 1. The number of sulfonamides is 1. The van der Waals surface area contributed by atoms with Crippen LogP contribution in [0.1, 0.15) is 12.8 Å². The van der Waals surface area contributed by atoms with E-state index in [4.69, 9.17) is 0 Å². The van der Waals surface area contributed by atoms with Crippen molar-refractivity contribution in [3.63, 3.8) is 0 Å². The average molecular weight is 305 g/mol. The van der Waals surface area contributed by atoms with Gasteiger partial charge in [-0.25, -0.2) is 21.6 Å². The molecule has 2 N–H and O–H groups in total. The number of benzene rings is 1. The molecular formula is C11H15NO5S2. The third-order valence-electron chi connectivity index (χ3n) is 3.00. The van der Waals surface area contributed by atoms with Gasteiger partial charge in [-0.2, -0.15) is 0 Å². The third-order valence-corrected chi connectivity index (χ3v) is 6.24. The van der Waals surface area contributed by atoms with Crippen LogP contribution in [0.25, 0.3) is 0 Å². The summed E-state index contributed by atoms with van der Waals surface area (Å²) >= 11 is 0. The molecule has 1 aromatic carbocycles. The van der Waals surface area contributed by atoms with Gasteiger partial charge in [-0.05, 0) is 31.0 Å². The molecule has 0 unspecified atom stereocenters. The molecule has 0 spiro atoms. The van der Waals surface area contributed by atoms with Gasteiger partial charge in [0.1, 0.15) is 15.6 Å². The highest BCUT2D eigenvalue weighted by atomic mass is 32.2. The molecule has 1 saturated heterocycles. The fourth-order valence-corrected chi connectivity index (χ4v) is 4.78. The maximum Gasteiger partial charge on any atom is 0.240 e. The van der Waals surface area contributed by atoms with Gasteiger partial charge in [-0.1, -0.05) is 6.07 Å². The fraction of sp³-hybridized carbons (Fsp3) is 0.455. The lowest BCUT2D eigenvalue weighted by Crippen LogP contribution is -2.40. The molecule has 0 radical (unpaired) electrons. The van der Waals surface area contributed by atoms with Gasteiger partial charge in [0.15, 0.2) is 0 Å². The molecule has 0 aromatic heterocycles. The van der Waals surface area contributed by atoms with Crippen LogP contribution in [0.4, 0.5) is 0 Å². The van der Waals surface area contributed by atoms with Crippen LogP contribution in [0, 0.1) is 0 Å². The zero-order valence-electron chi connectivity index (χ0n) is 10.1. The highest BCUT2D eigenvalue weighted by Gasteiger charge is 2.27. The normalized spacial score (nSPS) is 20.2. The van der Waals surface area contributed by atoms with Crippen molar-refractivity contribution in [2.24, 2.45) is 0 Å². The van der Waals surface area contributed by atoms with Crippen molar-refractivity contribution in [2.45, 2.75) is 23.8 Å². The van der Waals surface area contributed by atoms with Crippen LogP contribution in [0.15, 0.2) is 29.2 Å². The third kappa shape index (κ3) is 3.68. The Hall–Kier alpha value is -1.12. The Kier molecular flexibility index (Phi) is 3.84. The summed E-state index contributed by atoms with van der Waals surface area (Å²) in [6.07, 6.45) is 0.556. The van der Waals surface area contributed by atoms with E-state index < -0.39 is 19.9 Å². The Morgan fingerprint density at radius 3 is 2.42 bits per heavy atom. The molecule has 0 saturated carbocycles. The predicted octanol–water partition coefficient (Wildman–Crippen LogP) is 0.248. The average Bonchev–Trinajstić information content (AvgIpc) is 2.32. The zero-order valence-corrected chi connectivity index (χ0v) is 11.7. The first-order valence-electron chi connectivity index (χ1n) is 5.80. The van der Waals surface area contributed by atoms with E-state index in [1.165, 1.54) is 18.2 Å². The summed E-state index contributed by atoms with van der Waals surface area (Å²) in [5.74, 6) is -0.130. The fourth-order valence-electron chi connectivity index (χ4n) is 1.95. The summed E-state index contributed by atoms with van der Waals surface area (Å²) in [4.78, 5) is -0.0269. The molecule has 106 valence electrons. The van der Waals surface area contributed by atoms with Gasteiger partial charge in [0.25, 0.3) is 0 Å². The van der Waals surface area contributed by atoms with E-state index in [2.05, 4.69) is 4.72 Å². The van der Waals surface area contributed by atoms with Crippen LogP contribution in [0.3, 0.4) is 0 Å². The highest BCUT2D eigenvalue weighted by Crippen LogP contribution is 2.19. The number of hydrogen-bond acceptors (Lipinski definition) is 5. The van der Waals surface area contributed by atoms with Gasteiger partial charge < -0.3 is 5.11 Å². The number of aromatic hydroxyl groups is 1. The Balaban J connectivity index is 2.11. The van der Waals surface area contributed by atoms with E-state index in [9.17, 15) is 21.9 Å². The van der Waals surface area contributed by atoms with Gasteiger partial charge >= 0.3 is 0 Å². The van der Waals surface area contributed by atoms with E-state index in [0.717, 1.165) is 6.07 Å².